The summed E-state index contributed by atoms with van der Waals surface area (Å²) in [5.41, 5.74) is 1.92. The molecule has 7 heteroatoms. The minimum Gasteiger partial charge on any atom is -0.324 e. The van der Waals surface area contributed by atoms with E-state index in [-0.39, 0.29) is 11.5 Å². The molecular formula is C22H20ClN3O2S. The molecule has 0 aliphatic heterocycles. The standard InChI is InChI=1S/C22H20ClN3O2S/c1-4-17(21(27)24-16-10-7-9-15(23)12(16)2)26-22(28)19-14-8-5-6-11-18(14)29-20(19)13(3)25-26/h5-11,17H,4H2,1-3H3,(H,24,27). The fourth-order valence-electron chi connectivity index (χ4n) is 3.52. The van der Waals surface area contributed by atoms with Crippen LogP contribution in [0.1, 0.15) is 30.6 Å². The lowest BCUT2D eigenvalue weighted by molar-refractivity contribution is -0.119. The molecule has 1 amide bonds. The van der Waals surface area contributed by atoms with Crippen LogP contribution in [0.25, 0.3) is 20.2 Å². The van der Waals surface area contributed by atoms with Gasteiger partial charge in [0.25, 0.3) is 5.56 Å². The molecule has 148 valence electrons. The zero-order valence-corrected chi connectivity index (χ0v) is 17.9. The van der Waals surface area contributed by atoms with Crippen LogP contribution in [0.3, 0.4) is 0 Å². The number of rotatable bonds is 4. The Morgan fingerprint density at radius 1 is 1.21 bits per heavy atom. The van der Waals surface area contributed by atoms with Crippen molar-refractivity contribution in [2.75, 3.05) is 5.32 Å². The van der Waals surface area contributed by atoms with E-state index in [1.807, 2.05) is 45.0 Å². The van der Waals surface area contributed by atoms with Gasteiger partial charge in [-0.3, -0.25) is 9.59 Å². The van der Waals surface area contributed by atoms with Gasteiger partial charge >= 0.3 is 0 Å². The number of hydrogen-bond acceptors (Lipinski definition) is 4. The van der Waals surface area contributed by atoms with Gasteiger partial charge in [-0.15, -0.1) is 11.3 Å². The van der Waals surface area contributed by atoms with Gasteiger partial charge in [-0.2, -0.15) is 5.10 Å². The van der Waals surface area contributed by atoms with E-state index in [1.165, 1.54) is 4.68 Å². The van der Waals surface area contributed by atoms with Crippen molar-refractivity contribution in [1.82, 2.24) is 9.78 Å². The number of halogens is 1. The number of hydrogen-bond donors (Lipinski definition) is 1. The Morgan fingerprint density at radius 2 is 1.97 bits per heavy atom. The van der Waals surface area contributed by atoms with Crippen LogP contribution in [0, 0.1) is 13.8 Å². The summed E-state index contributed by atoms with van der Waals surface area (Å²) in [5, 5.41) is 9.51. The highest BCUT2D eigenvalue weighted by molar-refractivity contribution is 7.26. The van der Waals surface area contributed by atoms with Crippen LogP contribution in [0.15, 0.2) is 47.3 Å². The Morgan fingerprint density at radius 3 is 2.72 bits per heavy atom. The Kier molecular flexibility index (Phi) is 5.15. The maximum atomic E-state index is 13.3. The molecule has 0 aliphatic rings. The Bertz CT molecular complexity index is 1310. The molecule has 1 atom stereocenters. The number of aromatic nitrogens is 2. The van der Waals surface area contributed by atoms with Crippen molar-refractivity contribution < 1.29 is 4.79 Å². The number of fused-ring (bicyclic) bond motifs is 3. The summed E-state index contributed by atoms with van der Waals surface area (Å²) in [6, 6.07) is 12.4. The molecule has 0 bridgehead atoms. The predicted octanol–water partition coefficient (Wildman–Crippen LogP) is 5.47. The van der Waals surface area contributed by atoms with Crippen LogP contribution in [-0.2, 0) is 4.79 Å². The second-order valence-corrected chi connectivity index (χ2v) is 8.42. The highest BCUT2D eigenvalue weighted by Crippen LogP contribution is 2.33. The Labute approximate surface area is 176 Å². The van der Waals surface area contributed by atoms with E-state index in [0.29, 0.717) is 22.5 Å². The third kappa shape index (κ3) is 3.32. The number of thiophene rings is 1. The monoisotopic (exact) mass is 425 g/mol. The predicted molar refractivity (Wildman–Crippen MR) is 120 cm³/mol. The van der Waals surface area contributed by atoms with Gasteiger partial charge in [-0.25, -0.2) is 4.68 Å². The van der Waals surface area contributed by atoms with E-state index in [2.05, 4.69) is 10.4 Å². The lowest BCUT2D eigenvalue weighted by Crippen LogP contribution is -2.35. The Balaban J connectivity index is 1.82. The zero-order chi connectivity index (χ0) is 20.7. The van der Waals surface area contributed by atoms with Crippen LogP contribution < -0.4 is 10.9 Å². The molecule has 2 heterocycles. The minimum atomic E-state index is -0.720. The molecule has 0 fully saturated rings. The van der Waals surface area contributed by atoms with Crippen molar-refractivity contribution >= 4 is 54.7 Å². The number of carbonyl (C=O) groups excluding carboxylic acids is 1. The average molecular weight is 426 g/mol. The van der Waals surface area contributed by atoms with Crippen molar-refractivity contribution in [3.05, 3.63) is 69.1 Å². The first-order chi connectivity index (χ1) is 13.9. The molecule has 0 spiro atoms. The summed E-state index contributed by atoms with van der Waals surface area (Å²) in [6.07, 6.45) is 0.436. The molecule has 4 rings (SSSR count). The highest BCUT2D eigenvalue weighted by Gasteiger charge is 2.24. The highest BCUT2D eigenvalue weighted by atomic mass is 35.5. The zero-order valence-electron chi connectivity index (χ0n) is 16.3. The number of nitrogens with one attached hydrogen (secondary N) is 1. The van der Waals surface area contributed by atoms with Gasteiger partial charge < -0.3 is 5.32 Å². The summed E-state index contributed by atoms with van der Waals surface area (Å²) in [6.45, 7) is 5.59. The second-order valence-electron chi connectivity index (χ2n) is 6.96. The van der Waals surface area contributed by atoms with Crippen LogP contribution in [0.2, 0.25) is 5.02 Å². The smallest absolute Gasteiger partial charge is 0.276 e. The van der Waals surface area contributed by atoms with Gasteiger partial charge in [0.15, 0.2) is 0 Å². The average Bonchev–Trinajstić information content (AvgIpc) is 3.10. The van der Waals surface area contributed by atoms with Crippen molar-refractivity contribution in [1.29, 1.82) is 0 Å². The van der Waals surface area contributed by atoms with Crippen LogP contribution >= 0.6 is 22.9 Å². The van der Waals surface area contributed by atoms with Gasteiger partial charge in [0.1, 0.15) is 6.04 Å². The van der Waals surface area contributed by atoms with Gasteiger partial charge in [0.05, 0.1) is 15.8 Å². The Hall–Kier alpha value is -2.70. The van der Waals surface area contributed by atoms with Crippen LogP contribution in [-0.4, -0.2) is 15.7 Å². The molecule has 0 aliphatic carbocycles. The third-order valence-corrected chi connectivity index (χ3v) is 6.80. The fraction of sp³-hybridized carbons (Fsp3) is 0.227. The van der Waals surface area contributed by atoms with Gasteiger partial charge in [0.2, 0.25) is 5.91 Å². The molecule has 5 nitrogen and oxygen atoms in total. The number of amides is 1. The quantitative estimate of drug-likeness (QED) is 0.471. The van der Waals surface area contributed by atoms with E-state index < -0.39 is 6.04 Å². The number of nitrogens with zero attached hydrogens (tertiary/aromatic N) is 2. The fourth-order valence-corrected chi connectivity index (χ4v) is 4.83. The van der Waals surface area contributed by atoms with E-state index >= 15 is 0 Å². The maximum Gasteiger partial charge on any atom is 0.276 e. The summed E-state index contributed by atoms with van der Waals surface area (Å²) >= 11 is 7.72. The van der Waals surface area contributed by atoms with Gasteiger partial charge in [-0.05, 0) is 44.0 Å². The SMILES string of the molecule is CCC(C(=O)Nc1cccc(Cl)c1C)n1nc(C)c2sc3ccccc3c2c1=O. The lowest BCUT2D eigenvalue weighted by atomic mass is 10.1. The lowest BCUT2D eigenvalue weighted by Gasteiger charge is -2.18. The molecule has 2 aromatic carbocycles. The molecule has 1 unspecified atom stereocenters. The first kappa shape index (κ1) is 19.6. The molecule has 29 heavy (non-hydrogen) atoms. The van der Waals surface area contributed by atoms with E-state index in [1.54, 1.807) is 29.5 Å². The molecule has 4 aromatic rings. The number of benzene rings is 2. The summed E-state index contributed by atoms with van der Waals surface area (Å²) < 4.78 is 3.23. The number of aryl methyl sites for hydroxylation is 1. The topological polar surface area (TPSA) is 64.0 Å². The first-order valence-corrected chi connectivity index (χ1v) is 10.6. The minimum absolute atomic E-state index is 0.243. The van der Waals surface area contributed by atoms with Crippen molar-refractivity contribution in [3.63, 3.8) is 0 Å². The number of carbonyl (C=O) groups is 1. The summed E-state index contributed by atoms with van der Waals surface area (Å²) in [4.78, 5) is 26.4. The first-order valence-electron chi connectivity index (χ1n) is 9.39. The largest absolute Gasteiger partial charge is 0.324 e. The van der Waals surface area contributed by atoms with Crippen LogP contribution in [0.5, 0.6) is 0 Å². The molecule has 0 radical (unpaired) electrons. The van der Waals surface area contributed by atoms with Gasteiger partial charge in [0, 0.05) is 20.8 Å². The maximum absolute atomic E-state index is 13.3. The van der Waals surface area contributed by atoms with E-state index in [4.69, 9.17) is 11.6 Å². The van der Waals surface area contributed by atoms with E-state index in [0.717, 1.165) is 26.0 Å². The molecule has 2 aromatic heterocycles. The normalized spacial score (nSPS) is 12.4. The molecule has 1 N–H and O–H groups in total. The number of anilines is 1. The molecular weight excluding hydrogens is 406 g/mol. The summed E-state index contributed by atoms with van der Waals surface area (Å²) in [7, 11) is 0. The van der Waals surface area contributed by atoms with Crippen molar-refractivity contribution in [2.45, 2.75) is 33.2 Å². The van der Waals surface area contributed by atoms with Crippen molar-refractivity contribution in [2.24, 2.45) is 0 Å². The summed E-state index contributed by atoms with van der Waals surface area (Å²) in [5.74, 6) is -0.286. The molecule has 0 saturated carbocycles. The van der Waals surface area contributed by atoms with Crippen molar-refractivity contribution in [3.8, 4) is 0 Å². The van der Waals surface area contributed by atoms with E-state index in [9.17, 15) is 9.59 Å². The van der Waals surface area contributed by atoms with Crippen LogP contribution in [0.4, 0.5) is 5.69 Å². The second kappa shape index (κ2) is 7.61. The third-order valence-electron chi connectivity index (χ3n) is 5.11. The van der Waals surface area contributed by atoms with Gasteiger partial charge in [-0.1, -0.05) is 42.8 Å². The molecule has 0 saturated heterocycles.